The van der Waals surface area contributed by atoms with E-state index in [-0.39, 0.29) is 22.2 Å². The number of likely N-dealkylation sites (N-methyl/N-ethyl adjacent to an activating group) is 1. The number of aromatic nitrogens is 1. The number of thiazole rings is 1. The van der Waals surface area contributed by atoms with Crippen molar-refractivity contribution in [2.45, 2.75) is 26.8 Å². The normalized spacial score (nSPS) is 14.9. The number of methoxy groups -OCH3 is 1. The number of nitrogens with zero attached hydrogens (tertiary/aromatic N) is 4. The number of allylic oxidation sites excluding steroid dienone is 1. The highest BCUT2D eigenvalue weighted by Gasteiger charge is 2.35. The van der Waals surface area contributed by atoms with E-state index in [4.69, 9.17) is 20.8 Å². The minimum atomic E-state index is -0.755. The number of halogens is 1. The Bertz CT molecular complexity index is 1920. The molecule has 0 spiro atoms. The van der Waals surface area contributed by atoms with Gasteiger partial charge in [0.1, 0.15) is 28.3 Å². The van der Waals surface area contributed by atoms with Crippen LogP contribution in [0.4, 0.5) is 5.69 Å². The molecular formula is C30H27ClN4O6S. The van der Waals surface area contributed by atoms with Crippen molar-refractivity contribution in [2.24, 2.45) is 4.99 Å². The van der Waals surface area contributed by atoms with Crippen LogP contribution >= 0.6 is 22.9 Å². The van der Waals surface area contributed by atoms with Gasteiger partial charge < -0.3 is 14.1 Å². The highest BCUT2D eigenvalue weighted by atomic mass is 35.5. The van der Waals surface area contributed by atoms with Crippen molar-refractivity contribution in [1.82, 2.24) is 9.47 Å². The third-order valence-corrected chi connectivity index (χ3v) is 8.37. The Morgan fingerprint density at radius 3 is 2.64 bits per heavy atom. The summed E-state index contributed by atoms with van der Waals surface area (Å²) in [6.45, 7) is 6.61. The van der Waals surface area contributed by atoms with Crippen molar-refractivity contribution >= 4 is 40.6 Å². The molecule has 0 radical (unpaired) electrons. The maximum absolute atomic E-state index is 14.0. The molecule has 0 saturated carbocycles. The van der Waals surface area contributed by atoms with Gasteiger partial charge in [-0.1, -0.05) is 41.1 Å². The van der Waals surface area contributed by atoms with Gasteiger partial charge >= 0.3 is 0 Å². The Kier molecular flexibility index (Phi) is 8.15. The van der Waals surface area contributed by atoms with Gasteiger partial charge in [0.05, 0.1) is 27.8 Å². The van der Waals surface area contributed by atoms with E-state index < -0.39 is 11.0 Å². The summed E-state index contributed by atoms with van der Waals surface area (Å²) in [7, 11) is 1.55. The van der Waals surface area contributed by atoms with Crippen molar-refractivity contribution < 1.29 is 18.9 Å². The van der Waals surface area contributed by atoms with Gasteiger partial charge in [-0.3, -0.25) is 24.3 Å². The Morgan fingerprint density at radius 1 is 1.21 bits per heavy atom. The predicted molar refractivity (Wildman–Crippen MR) is 160 cm³/mol. The number of hydrogen-bond acceptors (Lipinski definition) is 8. The largest absolute Gasteiger partial charge is 0.496 e. The van der Waals surface area contributed by atoms with E-state index in [1.807, 2.05) is 32.0 Å². The van der Waals surface area contributed by atoms with Crippen molar-refractivity contribution in [3.8, 4) is 17.1 Å². The molecule has 0 N–H and O–H groups in total. The zero-order valence-corrected chi connectivity index (χ0v) is 24.9. The summed E-state index contributed by atoms with van der Waals surface area (Å²) in [5.74, 6) is 1.10. The van der Waals surface area contributed by atoms with Gasteiger partial charge in [0.15, 0.2) is 4.80 Å². The van der Waals surface area contributed by atoms with Crippen LogP contribution in [0.1, 0.15) is 38.1 Å². The van der Waals surface area contributed by atoms with Crippen LogP contribution < -0.4 is 19.6 Å². The van der Waals surface area contributed by atoms with E-state index in [2.05, 4.69) is 4.99 Å². The lowest BCUT2D eigenvalue weighted by Gasteiger charge is -2.29. The van der Waals surface area contributed by atoms with E-state index in [1.54, 1.807) is 49.3 Å². The number of nitro benzene ring substituents is 1. The molecule has 0 aliphatic carbocycles. The van der Waals surface area contributed by atoms with Gasteiger partial charge in [0.25, 0.3) is 17.2 Å². The van der Waals surface area contributed by atoms with Crippen LogP contribution in [-0.2, 0) is 4.79 Å². The molecule has 0 fully saturated rings. The lowest BCUT2D eigenvalue weighted by atomic mass is 9.94. The third-order valence-electron chi connectivity index (χ3n) is 7.06. The number of hydrogen-bond donors (Lipinski definition) is 0. The average molecular weight is 607 g/mol. The Hall–Kier alpha value is -4.48. The molecule has 2 aromatic heterocycles. The van der Waals surface area contributed by atoms with Gasteiger partial charge in [-0.05, 0) is 51.1 Å². The zero-order chi connectivity index (χ0) is 30.1. The van der Waals surface area contributed by atoms with E-state index in [9.17, 15) is 19.7 Å². The third kappa shape index (κ3) is 5.17. The molecule has 0 unspecified atom stereocenters. The number of fused-ring (bicyclic) bond motifs is 1. The van der Waals surface area contributed by atoms with Gasteiger partial charge in [-0.25, -0.2) is 4.99 Å². The summed E-state index contributed by atoms with van der Waals surface area (Å²) in [5.41, 5.74) is 1.50. The lowest BCUT2D eigenvalue weighted by molar-refractivity contribution is -0.384. The zero-order valence-electron chi connectivity index (χ0n) is 23.3. The maximum Gasteiger partial charge on any atom is 0.288 e. The SMILES string of the molecule is CCN(CC)C(=O)C1=C(C)N=c2s/c(=C/c3ccc(-c4ccc(Cl)c([N+](=O)[O-])c4)o3)c(=O)n2[C@H]1c1ccccc1OC. The fraction of sp³-hybridized carbons (Fsp3) is 0.233. The maximum atomic E-state index is 14.0. The molecule has 10 nitrogen and oxygen atoms in total. The first kappa shape index (κ1) is 29.0. The minimum absolute atomic E-state index is 0.0235. The Balaban J connectivity index is 1.65. The smallest absolute Gasteiger partial charge is 0.288 e. The topological polar surface area (TPSA) is 120 Å². The first-order chi connectivity index (χ1) is 20.2. The molecule has 216 valence electrons. The lowest BCUT2D eigenvalue weighted by Crippen LogP contribution is -2.43. The van der Waals surface area contributed by atoms with Crippen LogP contribution in [-0.4, -0.2) is 40.5 Å². The van der Waals surface area contributed by atoms with Crippen LogP contribution in [0.15, 0.2) is 80.1 Å². The number of ether oxygens (including phenoxy) is 1. The summed E-state index contributed by atoms with van der Waals surface area (Å²) in [6.07, 6.45) is 1.60. The Labute approximate surface area is 249 Å². The number of amides is 1. The number of furan rings is 1. The summed E-state index contributed by atoms with van der Waals surface area (Å²) in [5, 5.41) is 11.3. The molecule has 3 heterocycles. The standard InChI is InChI=1S/C30H27ClN4O6S/c1-5-33(6-2)29(37)26-17(3)32-30-34(27(26)20-9-7-8-10-24(20)40-4)28(36)25(42-30)16-19-12-14-23(41-19)18-11-13-21(31)22(15-18)35(38)39/h7-16,27H,5-6H2,1-4H3/b25-16+/t27-/m0/s1. The first-order valence-corrected chi connectivity index (χ1v) is 14.4. The average Bonchev–Trinajstić information content (AvgIpc) is 3.57. The van der Waals surface area contributed by atoms with Crippen LogP contribution in [0, 0.1) is 10.1 Å². The van der Waals surface area contributed by atoms with Gasteiger partial charge in [-0.2, -0.15) is 0 Å². The second-order valence-electron chi connectivity index (χ2n) is 9.43. The van der Waals surface area contributed by atoms with Gasteiger partial charge in [-0.15, -0.1) is 0 Å². The molecule has 42 heavy (non-hydrogen) atoms. The second kappa shape index (κ2) is 11.8. The molecule has 4 aromatic rings. The fourth-order valence-corrected chi connectivity index (χ4v) is 6.20. The highest BCUT2D eigenvalue weighted by Crippen LogP contribution is 2.36. The molecule has 5 rings (SSSR count). The number of carbonyl (C=O) groups excluding carboxylic acids is 1. The van der Waals surface area contributed by atoms with Gasteiger partial charge in [0, 0.05) is 36.4 Å². The molecule has 12 heteroatoms. The molecule has 2 aromatic carbocycles. The number of para-hydroxylation sites is 1. The molecule has 1 aliphatic rings. The van der Waals surface area contributed by atoms with E-state index in [1.165, 1.54) is 28.0 Å². The number of benzene rings is 2. The van der Waals surface area contributed by atoms with E-state index in [0.29, 0.717) is 62.1 Å². The van der Waals surface area contributed by atoms with Crippen molar-refractivity contribution in [1.29, 1.82) is 0 Å². The summed E-state index contributed by atoms with van der Waals surface area (Å²) in [6, 6.07) is 14.3. The molecule has 0 bridgehead atoms. The van der Waals surface area contributed by atoms with Crippen molar-refractivity contribution in [3.05, 3.63) is 112 Å². The quantitative estimate of drug-likeness (QED) is 0.207. The van der Waals surface area contributed by atoms with Crippen molar-refractivity contribution in [2.75, 3.05) is 20.2 Å². The van der Waals surface area contributed by atoms with Crippen LogP contribution in [0.25, 0.3) is 17.4 Å². The molecule has 0 saturated heterocycles. The minimum Gasteiger partial charge on any atom is -0.496 e. The molecule has 1 aliphatic heterocycles. The Morgan fingerprint density at radius 2 is 1.95 bits per heavy atom. The van der Waals surface area contributed by atoms with Crippen LogP contribution in [0.3, 0.4) is 0 Å². The van der Waals surface area contributed by atoms with Gasteiger partial charge in [0.2, 0.25) is 0 Å². The summed E-state index contributed by atoms with van der Waals surface area (Å²) < 4.78 is 13.5. The predicted octanol–water partition coefficient (Wildman–Crippen LogP) is 4.93. The van der Waals surface area contributed by atoms with E-state index in [0.717, 1.165) is 0 Å². The second-order valence-corrected chi connectivity index (χ2v) is 10.8. The van der Waals surface area contributed by atoms with Crippen LogP contribution in [0.5, 0.6) is 5.75 Å². The highest BCUT2D eigenvalue weighted by molar-refractivity contribution is 7.07. The van der Waals surface area contributed by atoms with E-state index >= 15 is 0 Å². The monoisotopic (exact) mass is 606 g/mol. The number of nitro groups is 1. The fourth-order valence-electron chi connectivity index (χ4n) is 4.98. The molecule has 1 atom stereocenters. The van der Waals surface area contributed by atoms with Crippen molar-refractivity contribution in [3.63, 3.8) is 0 Å². The van der Waals surface area contributed by atoms with Crippen LogP contribution in [0.2, 0.25) is 5.02 Å². The summed E-state index contributed by atoms with van der Waals surface area (Å²) in [4.78, 5) is 45.4. The molecular weight excluding hydrogens is 580 g/mol. The number of rotatable bonds is 8. The number of carbonyl (C=O) groups is 1. The molecule has 1 amide bonds. The first-order valence-electron chi connectivity index (χ1n) is 13.2. The summed E-state index contributed by atoms with van der Waals surface area (Å²) >= 11 is 7.13.